The molecule has 0 radical (unpaired) electrons. The molecule has 0 unspecified atom stereocenters. The van der Waals surface area contributed by atoms with Crippen LogP contribution in [0, 0.1) is 0 Å². The first-order valence-electron chi connectivity index (χ1n) is 3.56. The number of hydrogen-bond acceptors (Lipinski definition) is 6. The zero-order valence-corrected chi connectivity index (χ0v) is 7.13. The summed E-state index contributed by atoms with van der Waals surface area (Å²) >= 11 is 3.81. The van der Waals surface area contributed by atoms with E-state index in [4.69, 9.17) is 14.9 Å². The van der Waals surface area contributed by atoms with Gasteiger partial charge in [0, 0.05) is 0 Å². The summed E-state index contributed by atoms with van der Waals surface area (Å²) in [5.74, 6) is 0. The molecular weight excluding hydrogens is 207 g/mol. The van der Waals surface area contributed by atoms with Gasteiger partial charge in [-0.2, -0.15) is 0 Å². The van der Waals surface area contributed by atoms with Crippen LogP contribution in [0.3, 0.4) is 0 Å². The van der Waals surface area contributed by atoms with Crippen molar-refractivity contribution in [3.05, 3.63) is 0 Å². The molecule has 0 spiro atoms. The van der Waals surface area contributed by atoms with Crippen molar-refractivity contribution in [3.8, 4) is 0 Å². The van der Waals surface area contributed by atoms with Gasteiger partial charge in [0.05, 0.1) is 6.61 Å². The van der Waals surface area contributed by atoms with Crippen LogP contribution in [0.1, 0.15) is 0 Å². The molecule has 13 heavy (non-hydrogen) atoms. The van der Waals surface area contributed by atoms with Gasteiger partial charge in [-0.05, 0) is 0 Å². The van der Waals surface area contributed by atoms with E-state index in [1.807, 2.05) is 0 Å². The van der Waals surface area contributed by atoms with Gasteiger partial charge in [-0.1, -0.05) is 0 Å². The Kier molecular flexibility index (Phi) is 6.41. The molecule has 0 aliphatic carbocycles. The van der Waals surface area contributed by atoms with Crippen LogP contribution in [0.25, 0.3) is 0 Å². The first-order valence-corrected chi connectivity index (χ1v) is 4.08. The van der Waals surface area contributed by atoms with Crippen LogP contribution in [0.4, 0.5) is 0 Å². The van der Waals surface area contributed by atoms with Crippen LogP contribution in [0.2, 0.25) is 0 Å². The van der Waals surface area contributed by atoms with Gasteiger partial charge in [0.15, 0.2) is 0 Å². The number of thiol groups is 1. The van der Waals surface area contributed by atoms with Crippen molar-refractivity contribution in [2.45, 2.75) is 29.9 Å². The monoisotopic (exact) mass is 220 g/mol. The Bertz CT molecular complexity index is 155. The molecule has 1 saturated heterocycles. The van der Waals surface area contributed by atoms with Gasteiger partial charge in [-0.25, -0.2) is 0 Å². The Hall–Kier alpha value is 1.15. The quantitative estimate of drug-likeness (QED) is 0.241. The summed E-state index contributed by atoms with van der Waals surface area (Å²) in [6.07, 6.45) is -4.70. The van der Waals surface area contributed by atoms with Crippen LogP contribution in [0.5, 0.6) is 0 Å². The van der Waals surface area contributed by atoms with Crippen molar-refractivity contribution in [2.24, 2.45) is 0 Å². The van der Waals surface area contributed by atoms with E-state index in [-0.39, 0.29) is 29.6 Å². The molecule has 4 N–H and O–H groups in total. The second kappa shape index (κ2) is 5.89. The third-order valence-corrected chi connectivity index (χ3v) is 2.29. The molecule has 5 nitrogen and oxygen atoms in total. The van der Waals surface area contributed by atoms with Gasteiger partial charge in [0.25, 0.3) is 0 Å². The third-order valence-electron chi connectivity index (χ3n) is 1.87. The van der Waals surface area contributed by atoms with Crippen molar-refractivity contribution < 1.29 is 25.2 Å². The summed E-state index contributed by atoms with van der Waals surface area (Å²) in [5, 5.41) is 36.2. The van der Waals surface area contributed by atoms with E-state index in [1.165, 1.54) is 0 Å². The van der Waals surface area contributed by atoms with Gasteiger partial charge >= 0.3 is 29.6 Å². The molecule has 7 heteroatoms. The molecular formula is C6H13NaO5S. The topological polar surface area (TPSA) is 90.2 Å². The first-order chi connectivity index (χ1) is 5.57. The molecule has 0 saturated carbocycles. The predicted molar refractivity (Wildman–Crippen MR) is 49.9 cm³/mol. The Labute approximate surface area is 103 Å². The van der Waals surface area contributed by atoms with Crippen LogP contribution in [-0.2, 0) is 4.74 Å². The summed E-state index contributed by atoms with van der Waals surface area (Å²) in [7, 11) is 0. The van der Waals surface area contributed by atoms with Crippen molar-refractivity contribution in [2.75, 3.05) is 6.61 Å². The fourth-order valence-electron chi connectivity index (χ4n) is 1.08. The molecule has 1 rings (SSSR count). The molecule has 0 aromatic carbocycles. The zero-order valence-electron chi connectivity index (χ0n) is 6.24. The Balaban J connectivity index is 0.00000144. The van der Waals surface area contributed by atoms with Gasteiger partial charge < -0.3 is 25.2 Å². The van der Waals surface area contributed by atoms with Gasteiger partial charge in [-0.3, -0.25) is 0 Å². The molecule has 1 aliphatic heterocycles. The van der Waals surface area contributed by atoms with Gasteiger partial charge in [-0.15, -0.1) is 12.6 Å². The summed E-state index contributed by atoms with van der Waals surface area (Å²) in [4.78, 5) is 0. The van der Waals surface area contributed by atoms with Crippen LogP contribution < -0.4 is 0 Å². The number of ether oxygens (including phenoxy) is 1. The number of hydrogen-bond donors (Lipinski definition) is 5. The number of rotatable bonds is 1. The van der Waals surface area contributed by atoms with Crippen molar-refractivity contribution in [1.29, 1.82) is 0 Å². The van der Waals surface area contributed by atoms with Gasteiger partial charge in [0.2, 0.25) is 0 Å². The van der Waals surface area contributed by atoms with Crippen molar-refractivity contribution in [1.82, 2.24) is 0 Å². The maximum atomic E-state index is 9.20. The third kappa shape index (κ3) is 3.05. The number of aliphatic hydroxyl groups excluding tert-OH is 4. The molecule has 1 aliphatic rings. The molecule has 74 valence electrons. The van der Waals surface area contributed by atoms with E-state index in [0.29, 0.717) is 0 Å². The van der Waals surface area contributed by atoms with Crippen molar-refractivity contribution in [3.63, 3.8) is 0 Å². The SMILES string of the molecule is OC[C@H]1O[C@H](S)[C@@H](O)[C@@H](O)[C@@H]1O.[NaH]. The summed E-state index contributed by atoms with van der Waals surface area (Å²) < 4.78 is 4.88. The van der Waals surface area contributed by atoms with E-state index in [0.717, 1.165) is 0 Å². The standard InChI is InChI=1S/C6H12O5S.Na.H/c7-1-2-3(8)4(9)5(10)6(12)11-2;;/h2-10,12H,1H2;;/t2-,3-,4+,5+,6-;;/m1../s1. The van der Waals surface area contributed by atoms with E-state index in [2.05, 4.69) is 12.6 Å². The Morgan fingerprint density at radius 3 is 2.08 bits per heavy atom. The van der Waals surface area contributed by atoms with E-state index in [1.54, 1.807) is 0 Å². The molecule has 5 atom stereocenters. The Morgan fingerprint density at radius 2 is 1.62 bits per heavy atom. The summed E-state index contributed by atoms with van der Waals surface area (Å²) in [6.45, 7) is -0.415. The molecule has 1 fully saturated rings. The van der Waals surface area contributed by atoms with E-state index >= 15 is 0 Å². The van der Waals surface area contributed by atoms with Crippen molar-refractivity contribution >= 4 is 42.2 Å². The molecule has 0 aromatic heterocycles. The molecule has 0 amide bonds. The fourth-order valence-corrected chi connectivity index (χ4v) is 1.41. The predicted octanol–water partition coefficient (Wildman–Crippen LogP) is -2.93. The zero-order chi connectivity index (χ0) is 9.30. The fraction of sp³-hybridized carbons (Fsp3) is 1.00. The Morgan fingerprint density at radius 1 is 1.08 bits per heavy atom. The van der Waals surface area contributed by atoms with Crippen LogP contribution in [0.15, 0.2) is 0 Å². The van der Waals surface area contributed by atoms with Crippen LogP contribution in [-0.4, -0.2) is 86.4 Å². The minimum absolute atomic E-state index is 0. The van der Waals surface area contributed by atoms with Crippen LogP contribution >= 0.6 is 12.6 Å². The number of aliphatic hydroxyl groups is 4. The molecule has 0 aromatic rings. The summed E-state index contributed by atoms with van der Waals surface area (Å²) in [5.41, 5.74) is -0.874. The molecule has 0 bridgehead atoms. The average molecular weight is 220 g/mol. The van der Waals surface area contributed by atoms with E-state index < -0.39 is 36.5 Å². The second-order valence-electron chi connectivity index (χ2n) is 2.72. The normalized spacial score (nSPS) is 45.5. The summed E-state index contributed by atoms with van der Waals surface area (Å²) in [6, 6.07) is 0. The molecule has 1 heterocycles. The maximum absolute atomic E-state index is 9.20. The second-order valence-corrected chi connectivity index (χ2v) is 3.23. The van der Waals surface area contributed by atoms with E-state index in [9.17, 15) is 10.2 Å². The average Bonchev–Trinajstić information content (AvgIpc) is 2.08. The van der Waals surface area contributed by atoms with Gasteiger partial charge in [0.1, 0.15) is 29.9 Å². The first kappa shape index (κ1) is 14.2. The minimum atomic E-state index is -1.32.